The summed E-state index contributed by atoms with van der Waals surface area (Å²) in [5.74, 6) is -0.0953. The van der Waals surface area contributed by atoms with Crippen LogP contribution < -0.4 is 9.64 Å². The standard InChI is InChI=1S/C33H31ClF2N6O2/c1-4-29(43)42-13-12-41(18-24(42)16-37-2)32-26-10-8-21(25-7-5-6-20-9-11-27(36)31(34)30(20)25)14-28(26)38-33(39-32)44-19-23-15-22(35)17-40(23)3/h4-11,14,22-24H,1,12-13,15-19H2,3H3/t22-,23+,24+/m1/s1. The van der Waals surface area contributed by atoms with E-state index in [2.05, 4.69) is 11.4 Å². The van der Waals surface area contributed by atoms with E-state index in [1.54, 1.807) is 11.0 Å². The Balaban J connectivity index is 1.43. The highest BCUT2D eigenvalue weighted by Gasteiger charge is 2.34. The average Bonchev–Trinajstić information content (AvgIpc) is 3.36. The van der Waals surface area contributed by atoms with E-state index in [1.807, 2.05) is 53.2 Å². The molecule has 0 radical (unpaired) electrons. The van der Waals surface area contributed by atoms with Crippen LogP contribution in [0.25, 0.3) is 37.6 Å². The van der Waals surface area contributed by atoms with Crippen molar-refractivity contribution in [1.29, 1.82) is 0 Å². The fourth-order valence-electron chi connectivity index (χ4n) is 6.21. The first kappa shape index (κ1) is 29.7. The highest BCUT2D eigenvalue weighted by molar-refractivity contribution is 6.36. The number of nitrogens with zero attached hydrogens (tertiary/aromatic N) is 6. The highest BCUT2D eigenvalue weighted by atomic mass is 35.5. The maximum atomic E-state index is 14.5. The minimum absolute atomic E-state index is 0.0511. The van der Waals surface area contributed by atoms with Gasteiger partial charge in [-0.3, -0.25) is 9.69 Å². The van der Waals surface area contributed by atoms with Crippen LogP contribution in [0.5, 0.6) is 6.01 Å². The maximum Gasteiger partial charge on any atom is 0.319 e. The van der Waals surface area contributed by atoms with Crippen molar-refractivity contribution in [3.63, 3.8) is 0 Å². The normalized spacial score (nSPS) is 20.7. The van der Waals surface area contributed by atoms with Crippen molar-refractivity contribution >= 4 is 45.0 Å². The summed E-state index contributed by atoms with van der Waals surface area (Å²) >= 11 is 6.45. The first-order chi connectivity index (χ1) is 21.3. The number of hydrogen-bond donors (Lipinski definition) is 0. The van der Waals surface area contributed by atoms with Gasteiger partial charge in [0.1, 0.15) is 30.5 Å². The predicted octanol–water partition coefficient (Wildman–Crippen LogP) is 5.79. The quantitative estimate of drug-likeness (QED) is 0.194. The van der Waals surface area contributed by atoms with Gasteiger partial charge in [0.05, 0.1) is 10.5 Å². The summed E-state index contributed by atoms with van der Waals surface area (Å²) in [6.07, 6.45) is 0.737. The number of carbonyl (C=O) groups excluding carboxylic acids is 1. The zero-order chi connectivity index (χ0) is 31.0. The first-order valence-corrected chi connectivity index (χ1v) is 14.8. The lowest BCUT2D eigenvalue weighted by molar-refractivity contribution is -0.128. The van der Waals surface area contributed by atoms with Crippen molar-refractivity contribution in [3.05, 3.63) is 83.4 Å². The molecule has 3 heterocycles. The Morgan fingerprint density at radius 1 is 1.18 bits per heavy atom. The van der Waals surface area contributed by atoms with Crippen LogP contribution in [0.1, 0.15) is 6.42 Å². The summed E-state index contributed by atoms with van der Waals surface area (Å²) < 4.78 is 34.6. The number of piperazine rings is 1. The molecule has 4 aromatic rings. The predicted molar refractivity (Wildman–Crippen MR) is 168 cm³/mol. The number of anilines is 1. The van der Waals surface area contributed by atoms with Crippen molar-refractivity contribution in [2.45, 2.75) is 24.7 Å². The maximum absolute atomic E-state index is 14.5. The van der Waals surface area contributed by atoms with Gasteiger partial charge < -0.3 is 19.4 Å². The second-order valence-corrected chi connectivity index (χ2v) is 11.6. The number of amides is 1. The summed E-state index contributed by atoms with van der Waals surface area (Å²) in [5, 5.41) is 2.22. The van der Waals surface area contributed by atoms with Crippen LogP contribution in [0, 0.1) is 12.4 Å². The second kappa shape index (κ2) is 12.3. The molecule has 0 spiro atoms. The zero-order valence-electron chi connectivity index (χ0n) is 24.2. The van der Waals surface area contributed by atoms with Crippen molar-refractivity contribution in [2.24, 2.45) is 0 Å². The van der Waals surface area contributed by atoms with Gasteiger partial charge in [-0.2, -0.15) is 9.97 Å². The molecule has 2 aliphatic rings. The summed E-state index contributed by atoms with van der Waals surface area (Å²) in [5.41, 5.74) is 2.14. The molecular weight excluding hydrogens is 586 g/mol. The monoisotopic (exact) mass is 616 g/mol. The highest BCUT2D eigenvalue weighted by Crippen LogP contribution is 2.38. The van der Waals surface area contributed by atoms with Crippen molar-refractivity contribution in [2.75, 3.05) is 51.3 Å². The molecule has 3 atom stereocenters. The number of likely N-dealkylation sites (tertiary alicyclic amines) is 1. The van der Waals surface area contributed by atoms with Crippen LogP contribution in [-0.4, -0.2) is 90.3 Å². The number of rotatable bonds is 7. The Kier molecular flexibility index (Phi) is 8.34. The Morgan fingerprint density at radius 2 is 2.02 bits per heavy atom. The fourth-order valence-corrected chi connectivity index (χ4v) is 6.48. The molecule has 44 heavy (non-hydrogen) atoms. The van der Waals surface area contributed by atoms with Crippen LogP contribution >= 0.6 is 11.6 Å². The number of ether oxygens (including phenoxy) is 1. The van der Waals surface area contributed by atoms with E-state index in [0.717, 1.165) is 21.9 Å². The van der Waals surface area contributed by atoms with Crippen LogP contribution in [0.4, 0.5) is 14.6 Å². The Labute approximate surface area is 259 Å². The average molecular weight is 617 g/mol. The fraction of sp³-hybridized carbons (Fsp3) is 0.333. The van der Waals surface area contributed by atoms with E-state index in [9.17, 15) is 13.6 Å². The van der Waals surface area contributed by atoms with Crippen molar-refractivity contribution < 1.29 is 18.3 Å². The van der Waals surface area contributed by atoms with Crippen molar-refractivity contribution in [3.8, 4) is 17.1 Å². The first-order valence-electron chi connectivity index (χ1n) is 14.4. The third-order valence-electron chi connectivity index (χ3n) is 8.49. The molecule has 2 aliphatic heterocycles. The second-order valence-electron chi connectivity index (χ2n) is 11.2. The lowest BCUT2D eigenvalue weighted by Gasteiger charge is -2.39. The molecule has 8 nitrogen and oxygen atoms in total. The van der Waals surface area contributed by atoms with Crippen LogP contribution in [-0.2, 0) is 4.79 Å². The van der Waals surface area contributed by atoms with Crippen LogP contribution in [0.15, 0.2) is 61.2 Å². The van der Waals surface area contributed by atoms with E-state index < -0.39 is 12.0 Å². The van der Waals surface area contributed by atoms with Crippen LogP contribution in [0.2, 0.25) is 5.02 Å². The summed E-state index contributed by atoms with van der Waals surface area (Å²) in [4.78, 5) is 31.3. The molecule has 2 fully saturated rings. The van der Waals surface area contributed by atoms with Gasteiger partial charge in [-0.1, -0.05) is 48.5 Å². The largest absolute Gasteiger partial charge is 0.462 e. The number of alkyl halides is 1. The molecule has 3 aromatic carbocycles. The van der Waals surface area contributed by atoms with Gasteiger partial charge >= 0.3 is 6.01 Å². The van der Waals surface area contributed by atoms with Gasteiger partial charge in [0.2, 0.25) is 12.5 Å². The molecule has 0 unspecified atom stereocenters. The molecule has 226 valence electrons. The van der Waals surface area contributed by atoms with E-state index in [4.69, 9.17) is 32.9 Å². The third kappa shape index (κ3) is 5.65. The van der Waals surface area contributed by atoms with Crippen LogP contribution in [0.3, 0.4) is 0 Å². The molecule has 2 saturated heterocycles. The topological polar surface area (TPSA) is 66.2 Å². The SMILES string of the molecule is [C-]#[N+]C[C@H]1CN(c2nc(OC[C@@H]3C[C@@H](F)CN3C)nc3cc(-c4cccc5ccc(F)c(Cl)c45)ccc23)CCN1C(=O)C=C. The lowest BCUT2D eigenvalue weighted by atomic mass is 9.97. The van der Waals surface area contributed by atoms with Gasteiger partial charge in [0.15, 0.2) is 0 Å². The molecule has 0 aliphatic carbocycles. The van der Waals surface area contributed by atoms with E-state index in [0.29, 0.717) is 49.3 Å². The third-order valence-corrected chi connectivity index (χ3v) is 8.86. The number of aromatic nitrogens is 2. The Hall–Kier alpha value is -4.33. The molecule has 0 saturated carbocycles. The molecule has 1 aromatic heterocycles. The summed E-state index contributed by atoms with van der Waals surface area (Å²) in [6, 6.07) is 14.2. The summed E-state index contributed by atoms with van der Waals surface area (Å²) in [7, 11) is 1.87. The number of likely N-dealkylation sites (N-methyl/N-ethyl adjacent to an activating group) is 1. The lowest BCUT2D eigenvalue weighted by Crippen LogP contribution is -2.56. The van der Waals surface area contributed by atoms with E-state index in [1.165, 1.54) is 12.1 Å². The Bertz CT molecular complexity index is 1800. The zero-order valence-corrected chi connectivity index (χ0v) is 25.0. The van der Waals surface area contributed by atoms with E-state index >= 15 is 0 Å². The number of carbonyl (C=O) groups is 1. The van der Waals surface area contributed by atoms with Gasteiger partial charge in [0, 0.05) is 43.0 Å². The Morgan fingerprint density at radius 3 is 2.77 bits per heavy atom. The number of benzene rings is 3. The van der Waals surface area contributed by atoms with Gasteiger partial charge in [0.25, 0.3) is 0 Å². The number of halogens is 3. The molecule has 6 rings (SSSR count). The minimum Gasteiger partial charge on any atom is -0.462 e. The molecular formula is C33H31ClF2N6O2. The van der Waals surface area contributed by atoms with E-state index in [-0.39, 0.29) is 42.2 Å². The van der Waals surface area contributed by atoms with Gasteiger partial charge in [-0.25, -0.2) is 15.4 Å². The minimum atomic E-state index is -0.907. The van der Waals surface area contributed by atoms with Gasteiger partial charge in [-0.05, 0) is 54.3 Å². The van der Waals surface area contributed by atoms with Crippen molar-refractivity contribution in [1.82, 2.24) is 19.8 Å². The number of hydrogen-bond acceptors (Lipinski definition) is 6. The number of fused-ring (bicyclic) bond motifs is 2. The molecule has 11 heteroatoms. The summed E-state index contributed by atoms with van der Waals surface area (Å²) in [6.45, 7) is 13.1. The molecule has 0 N–H and O–H groups in total. The molecule has 0 bridgehead atoms. The van der Waals surface area contributed by atoms with Gasteiger partial charge in [-0.15, -0.1) is 0 Å². The smallest absolute Gasteiger partial charge is 0.319 e. The molecule has 1 amide bonds.